The maximum Gasteiger partial charge on any atom is 0.391 e. The fourth-order valence-electron chi connectivity index (χ4n) is 4.48. The molecule has 1 saturated carbocycles. The van der Waals surface area contributed by atoms with Crippen molar-refractivity contribution in [1.82, 2.24) is 9.80 Å². The van der Waals surface area contributed by atoms with Crippen LogP contribution in [0.5, 0.6) is 0 Å². The standard InChI is InChI=1S/C17H27F3N2O2/c1-12-10-22(11-15(12)21-5-7-24-8-6-21)16(23)13-3-2-4-14(9-13)17(18,19)20/h12-15H,2-11H2,1H3/t12-,13-,14-,15-/m1/s1. The van der Waals surface area contributed by atoms with Crippen molar-refractivity contribution in [3.63, 3.8) is 0 Å². The topological polar surface area (TPSA) is 32.8 Å². The summed E-state index contributed by atoms with van der Waals surface area (Å²) in [6.07, 6.45) is -2.95. The molecule has 2 saturated heterocycles. The molecule has 1 aliphatic carbocycles. The number of ether oxygens (including phenoxy) is 1. The molecule has 2 aliphatic heterocycles. The molecule has 0 unspecified atom stereocenters. The van der Waals surface area contributed by atoms with Gasteiger partial charge >= 0.3 is 6.18 Å². The summed E-state index contributed by atoms with van der Waals surface area (Å²) in [4.78, 5) is 16.9. The highest BCUT2D eigenvalue weighted by molar-refractivity contribution is 5.79. The van der Waals surface area contributed by atoms with E-state index in [0.29, 0.717) is 51.1 Å². The average Bonchev–Trinajstić information content (AvgIpc) is 2.96. The van der Waals surface area contributed by atoms with Crippen LogP contribution in [0.2, 0.25) is 0 Å². The molecule has 4 atom stereocenters. The molecule has 24 heavy (non-hydrogen) atoms. The molecule has 0 aromatic heterocycles. The molecule has 7 heteroatoms. The Balaban J connectivity index is 1.59. The summed E-state index contributed by atoms with van der Waals surface area (Å²) >= 11 is 0. The molecule has 0 N–H and O–H groups in total. The fourth-order valence-corrected chi connectivity index (χ4v) is 4.48. The summed E-state index contributed by atoms with van der Waals surface area (Å²) in [7, 11) is 0. The van der Waals surface area contributed by atoms with Crippen LogP contribution in [0.25, 0.3) is 0 Å². The minimum Gasteiger partial charge on any atom is -0.379 e. The molecular weight excluding hydrogens is 321 g/mol. The van der Waals surface area contributed by atoms with Gasteiger partial charge in [-0.15, -0.1) is 0 Å². The van der Waals surface area contributed by atoms with Crippen molar-refractivity contribution >= 4 is 5.91 Å². The van der Waals surface area contributed by atoms with E-state index >= 15 is 0 Å². The van der Waals surface area contributed by atoms with E-state index < -0.39 is 18.0 Å². The zero-order chi connectivity index (χ0) is 17.3. The Kier molecular flexibility index (Phi) is 5.39. The van der Waals surface area contributed by atoms with Gasteiger partial charge in [-0.1, -0.05) is 13.3 Å². The van der Waals surface area contributed by atoms with Crippen molar-refractivity contribution in [2.75, 3.05) is 39.4 Å². The zero-order valence-electron chi connectivity index (χ0n) is 14.2. The lowest BCUT2D eigenvalue weighted by Crippen LogP contribution is -2.47. The molecule has 0 radical (unpaired) electrons. The summed E-state index contributed by atoms with van der Waals surface area (Å²) in [5, 5.41) is 0. The van der Waals surface area contributed by atoms with Crippen molar-refractivity contribution in [2.45, 2.75) is 44.8 Å². The Morgan fingerprint density at radius 2 is 1.83 bits per heavy atom. The Morgan fingerprint density at radius 1 is 1.12 bits per heavy atom. The first-order valence-electron chi connectivity index (χ1n) is 9.03. The van der Waals surface area contributed by atoms with Crippen molar-refractivity contribution < 1.29 is 22.7 Å². The normalized spacial score (nSPS) is 36.1. The summed E-state index contributed by atoms with van der Waals surface area (Å²) < 4.78 is 44.3. The van der Waals surface area contributed by atoms with Crippen LogP contribution >= 0.6 is 0 Å². The molecule has 3 aliphatic rings. The van der Waals surface area contributed by atoms with Gasteiger partial charge in [-0.25, -0.2) is 0 Å². The molecule has 3 rings (SSSR count). The van der Waals surface area contributed by atoms with Gasteiger partial charge in [-0.3, -0.25) is 9.69 Å². The number of amides is 1. The van der Waals surface area contributed by atoms with Crippen molar-refractivity contribution in [3.05, 3.63) is 0 Å². The lowest BCUT2D eigenvalue weighted by molar-refractivity contribution is -0.187. The number of halogens is 3. The Bertz CT molecular complexity index is 452. The number of morpholine rings is 1. The minimum absolute atomic E-state index is 0.0323. The van der Waals surface area contributed by atoms with Gasteiger partial charge in [-0.2, -0.15) is 13.2 Å². The van der Waals surface area contributed by atoms with Gasteiger partial charge in [0.1, 0.15) is 0 Å². The van der Waals surface area contributed by atoms with Gasteiger partial charge in [0.15, 0.2) is 0 Å². The van der Waals surface area contributed by atoms with Gasteiger partial charge < -0.3 is 9.64 Å². The quantitative estimate of drug-likeness (QED) is 0.769. The van der Waals surface area contributed by atoms with Crippen molar-refractivity contribution in [1.29, 1.82) is 0 Å². The van der Waals surface area contributed by atoms with E-state index in [2.05, 4.69) is 11.8 Å². The van der Waals surface area contributed by atoms with Gasteiger partial charge in [0.25, 0.3) is 0 Å². The number of carbonyl (C=O) groups excluding carboxylic acids is 1. The first kappa shape index (κ1) is 18.0. The van der Waals surface area contributed by atoms with Gasteiger partial charge in [0.2, 0.25) is 5.91 Å². The van der Waals surface area contributed by atoms with E-state index in [0.717, 1.165) is 13.1 Å². The van der Waals surface area contributed by atoms with Crippen LogP contribution < -0.4 is 0 Å². The van der Waals surface area contributed by atoms with Crippen LogP contribution in [0.3, 0.4) is 0 Å². The molecule has 4 nitrogen and oxygen atoms in total. The summed E-state index contributed by atoms with van der Waals surface area (Å²) in [6, 6.07) is 0.305. The van der Waals surface area contributed by atoms with Gasteiger partial charge in [-0.05, 0) is 25.2 Å². The Hall–Kier alpha value is -0.820. The lowest BCUT2D eigenvalue weighted by Gasteiger charge is -2.34. The Labute approximate surface area is 141 Å². The van der Waals surface area contributed by atoms with Crippen LogP contribution in [0, 0.1) is 17.8 Å². The van der Waals surface area contributed by atoms with E-state index in [1.165, 1.54) is 0 Å². The van der Waals surface area contributed by atoms with E-state index in [4.69, 9.17) is 4.74 Å². The number of rotatable bonds is 2. The lowest BCUT2D eigenvalue weighted by atomic mass is 9.80. The van der Waals surface area contributed by atoms with Crippen LogP contribution in [0.4, 0.5) is 13.2 Å². The van der Waals surface area contributed by atoms with Crippen LogP contribution in [0.15, 0.2) is 0 Å². The van der Waals surface area contributed by atoms with Crippen LogP contribution in [-0.4, -0.2) is 67.3 Å². The van der Waals surface area contributed by atoms with E-state index in [9.17, 15) is 18.0 Å². The van der Waals surface area contributed by atoms with E-state index in [1.807, 2.05) is 4.90 Å². The third kappa shape index (κ3) is 3.87. The second-order valence-electron chi connectivity index (χ2n) is 7.54. The molecule has 3 fully saturated rings. The van der Waals surface area contributed by atoms with Crippen molar-refractivity contribution in [2.24, 2.45) is 17.8 Å². The number of hydrogen-bond donors (Lipinski definition) is 0. The Morgan fingerprint density at radius 3 is 2.50 bits per heavy atom. The molecule has 2 heterocycles. The first-order chi connectivity index (χ1) is 11.4. The molecular formula is C17H27F3N2O2. The zero-order valence-corrected chi connectivity index (χ0v) is 14.2. The molecule has 0 aromatic rings. The minimum atomic E-state index is -4.17. The highest BCUT2D eigenvalue weighted by atomic mass is 19.4. The first-order valence-corrected chi connectivity index (χ1v) is 9.03. The maximum absolute atomic E-state index is 13.0. The number of hydrogen-bond acceptors (Lipinski definition) is 3. The second-order valence-corrected chi connectivity index (χ2v) is 7.54. The van der Waals surface area contributed by atoms with Gasteiger partial charge in [0.05, 0.1) is 19.1 Å². The molecule has 138 valence electrons. The van der Waals surface area contributed by atoms with Crippen molar-refractivity contribution in [3.8, 4) is 0 Å². The summed E-state index contributed by atoms with van der Waals surface area (Å²) in [6.45, 7) is 6.61. The maximum atomic E-state index is 13.0. The van der Waals surface area contributed by atoms with Crippen LogP contribution in [0.1, 0.15) is 32.6 Å². The van der Waals surface area contributed by atoms with Crippen LogP contribution in [-0.2, 0) is 9.53 Å². The predicted molar refractivity (Wildman–Crippen MR) is 83.4 cm³/mol. The summed E-state index contributed by atoms with van der Waals surface area (Å²) in [5.74, 6) is -1.48. The van der Waals surface area contributed by atoms with E-state index in [-0.39, 0.29) is 18.7 Å². The molecule has 0 bridgehead atoms. The number of alkyl halides is 3. The third-order valence-corrected chi connectivity index (χ3v) is 5.89. The highest BCUT2D eigenvalue weighted by Gasteiger charge is 2.45. The second kappa shape index (κ2) is 7.20. The number of nitrogens with zero attached hydrogens (tertiary/aromatic N) is 2. The molecule has 0 aromatic carbocycles. The summed E-state index contributed by atoms with van der Waals surface area (Å²) in [5.41, 5.74) is 0. The average molecular weight is 348 g/mol. The number of likely N-dealkylation sites (tertiary alicyclic amines) is 1. The SMILES string of the molecule is C[C@@H]1CN(C(=O)[C@@H]2CCC[C@@H](C(F)(F)F)C2)C[C@H]1N1CCOCC1. The van der Waals surface area contributed by atoms with E-state index in [1.54, 1.807) is 0 Å². The predicted octanol–water partition coefficient (Wildman–Crippen LogP) is 2.53. The smallest absolute Gasteiger partial charge is 0.379 e. The highest BCUT2D eigenvalue weighted by Crippen LogP contribution is 2.41. The largest absolute Gasteiger partial charge is 0.391 e. The third-order valence-electron chi connectivity index (χ3n) is 5.89. The monoisotopic (exact) mass is 348 g/mol. The fraction of sp³-hybridized carbons (Fsp3) is 0.941. The molecule has 1 amide bonds. The molecule has 0 spiro atoms. The number of carbonyl (C=O) groups is 1. The van der Waals surface area contributed by atoms with Gasteiger partial charge in [0, 0.05) is 38.1 Å².